The lowest BCUT2D eigenvalue weighted by atomic mass is 10.3. The van der Waals surface area contributed by atoms with Crippen LogP contribution < -0.4 is 10.6 Å². The largest absolute Gasteiger partial charge is 0.457 e. The number of amides is 1. The van der Waals surface area contributed by atoms with E-state index >= 15 is 0 Å². The summed E-state index contributed by atoms with van der Waals surface area (Å²) in [7, 11) is 0. The molecule has 88 valence electrons. The van der Waals surface area contributed by atoms with Gasteiger partial charge in [0.05, 0.1) is 11.8 Å². The van der Waals surface area contributed by atoms with E-state index in [-0.39, 0.29) is 5.91 Å². The molecule has 1 aromatic rings. The van der Waals surface area contributed by atoms with Gasteiger partial charge < -0.3 is 15.1 Å². The van der Waals surface area contributed by atoms with Crippen LogP contribution >= 0.6 is 15.9 Å². The number of hydrogen-bond donors (Lipinski definition) is 2. The van der Waals surface area contributed by atoms with Crippen molar-refractivity contribution in [3.8, 4) is 0 Å². The maximum absolute atomic E-state index is 11.6. The van der Waals surface area contributed by atoms with Crippen LogP contribution in [0.1, 0.15) is 29.6 Å². The van der Waals surface area contributed by atoms with Crippen LogP contribution in [0, 0.1) is 0 Å². The first kappa shape index (κ1) is 11.7. The Morgan fingerprint density at radius 3 is 2.94 bits per heavy atom. The quantitative estimate of drug-likeness (QED) is 0.786. The minimum absolute atomic E-state index is 0.0907. The molecule has 0 saturated heterocycles. The third-order valence-corrected chi connectivity index (χ3v) is 3.13. The van der Waals surface area contributed by atoms with E-state index < -0.39 is 0 Å². The van der Waals surface area contributed by atoms with Crippen LogP contribution in [-0.2, 0) is 0 Å². The van der Waals surface area contributed by atoms with Crippen molar-refractivity contribution in [1.82, 2.24) is 10.6 Å². The van der Waals surface area contributed by atoms with Crippen LogP contribution in [0.4, 0.5) is 0 Å². The van der Waals surface area contributed by atoms with Gasteiger partial charge in [0.2, 0.25) is 0 Å². The minimum Gasteiger partial charge on any atom is -0.457 e. The number of furan rings is 1. The summed E-state index contributed by atoms with van der Waals surface area (Å²) < 4.78 is 5.48. The molecule has 1 heterocycles. The van der Waals surface area contributed by atoms with E-state index in [4.69, 9.17) is 4.42 Å². The Labute approximate surface area is 103 Å². The van der Waals surface area contributed by atoms with Gasteiger partial charge in [-0.3, -0.25) is 4.79 Å². The lowest BCUT2D eigenvalue weighted by molar-refractivity contribution is 0.0951. The van der Waals surface area contributed by atoms with Crippen molar-refractivity contribution in [2.75, 3.05) is 13.1 Å². The van der Waals surface area contributed by atoms with Gasteiger partial charge in [0.25, 0.3) is 5.91 Å². The SMILES string of the molecule is O=C(NCCCNC1CC1)c1ccoc1Br. The molecule has 5 heteroatoms. The van der Waals surface area contributed by atoms with E-state index in [2.05, 4.69) is 26.6 Å². The highest BCUT2D eigenvalue weighted by atomic mass is 79.9. The maximum Gasteiger partial charge on any atom is 0.255 e. The monoisotopic (exact) mass is 286 g/mol. The molecule has 0 unspecified atom stereocenters. The fourth-order valence-electron chi connectivity index (χ4n) is 1.43. The number of hydrogen-bond acceptors (Lipinski definition) is 3. The lowest BCUT2D eigenvalue weighted by Crippen LogP contribution is -2.27. The van der Waals surface area contributed by atoms with E-state index in [1.165, 1.54) is 19.1 Å². The Balaban J connectivity index is 1.61. The first-order valence-electron chi connectivity index (χ1n) is 5.52. The summed E-state index contributed by atoms with van der Waals surface area (Å²) in [6, 6.07) is 2.39. The highest BCUT2D eigenvalue weighted by Gasteiger charge is 2.19. The van der Waals surface area contributed by atoms with Crippen LogP contribution in [-0.4, -0.2) is 25.0 Å². The second-order valence-corrected chi connectivity index (χ2v) is 4.67. The first-order chi connectivity index (χ1) is 7.77. The van der Waals surface area contributed by atoms with Gasteiger partial charge >= 0.3 is 0 Å². The number of halogens is 1. The zero-order valence-electron chi connectivity index (χ0n) is 8.96. The van der Waals surface area contributed by atoms with Gasteiger partial charge in [-0.15, -0.1) is 0 Å². The molecular formula is C11H15BrN2O2. The number of rotatable bonds is 6. The summed E-state index contributed by atoms with van der Waals surface area (Å²) in [5, 5.41) is 6.25. The van der Waals surface area contributed by atoms with E-state index in [1.807, 2.05) is 0 Å². The molecule has 1 saturated carbocycles. The van der Waals surface area contributed by atoms with Crippen molar-refractivity contribution in [2.45, 2.75) is 25.3 Å². The zero-order valence-corrected chi connectivity index (χ0v) is 10.5. The highest BCUT2D eigenvalue weighted by Crippen LogP contribution is 2.18. The van der Waals surface area contributed by atoms with Crippen molar-refractivity contribution in [3.05, 3.63) is 22.6 Å². The summed E-state index contributed by atoms with van der Waals surface area (Å²) >= 11 is 3.18. The molecule has 16 heavy (non-hydrogen) atoms. The van der Waals surface area contributed by atoms with Gasteiger partial charge in [0, 0.05) is 12.6 Å². The number of nitrogens with one attached hydrogen (secondary N) is 2. The van der Waals surface area contributed by atoms with Crippen LogP contribution in [0.3, 0.4) is 0 Å². The fraction of sp³-hybridized carbons (Fsp3) is 0.545. The minimum atomic E-state index is -0.0907. The summed E-state index contributed by atoms with van der Waals surface area (Å²) in [6.07, 6.45) is 5.05. The van der Waals surface area contributed by atoms with Crippen LogP contribution in [0.5, 0.6) is 0 Å². The predicted molar refractivity (Wildman–Crippen MR) is 64.4 cm³/mol. The number of carbonyl (C=O) groups is 1. The molecule has 4 nitrogen and oxygen atoms in total. The molecule has 1 fully saturated rings. The zero-order chi connectivity index (χ0) is 11.4. The van der Waals surface area contributed by atoms with Gasteiger partial charge in [-0.05, 0) is 47.8 Å². The Kier molecular flexibility index (Phi) is 4.01. The Morgan fingerprint density at radius 1 is 1.50 bits per heavy atom. The molecule has 2 N–H and O–H groups in total. The van der Waals surface area contributed by atoms with Gasteiger partial charge in [-0.1, -0.05) is 0 Å². The maximum atomic E-state index is 11.6. The van der Waals surface area contributed by atoms with Crippen molar-refractivity contribution in [3.63, 3.8) is 0 Å². The topological polar surface area (TPSA) is 54.3 Å². The summed E-state index contributed by atoms with van der Waals surface area (Å²) in [4.78, 5) is 11.6. The number of carbonyl (C=O) groups excluding carboxylic acids is 1. The van der Waals surface area contributed by atoms with E-state index in [9.17, 15) is 4.79 Å². The van der Waals surface area contributed by atoms with Crippen LogP contribution in [0.2, 0.25) is 0 Å². The van der Waals surface area contributed by atoms with Gasteiger partial charge in [-0.2, -0.15) is 0 Å². The highest BCUT2D eigenvalue weighted by molar-refractivity contribution is 9.10. The summed E-state index contributed by atoms with van der Waals surface area (Å²) in [5.74, 6) is -0.0907. The molecule has 0 spiro atoms. The molecule has 0 bridgehead atoms. The molecule has 0 aliphatic heterocycles. The average Bonchev–Trinajstić information content (AvgIpc) is 2.99. The van der Waals surface area contributed by atoms with E-state index in [0.29, 0.717) is 16.8 Å². The van der Waals surface area contributed by atoms with Gasteiger partial charge in [0.1, 0.15) is 0 Å². The normalized spacial score (nSPS) is 15.1. The Hall–Kier alpha value is -0.810. The molecule has 0 aromatic carbocycles. The molecular weight excluding hydrogens is 272 g/mol. The summed E-state index contributed by atoms with van der Waals surface area (Å²) in [6.45, 7) is 1.66. The lowest BCUT2D eigenvalue weighted by Gasteiger charge is -2.04. The van der Waals surface area contributed by atoms with Crippen molar-refractivity contribution >= 4 is 21.8 Å². The first-order valence-corrected chi connectivity index (χ1v) is 6.31. The van der Waals surface area contributed by atoms with Crippen molar-refractivity contribution < 1.29 is 9.21 Å². The second-order valence-electron chi connectivity index (χ2n) is 3.95. The third-order valence-electron chi connectivity index (χ3n) is 2.51. The predicted octanol–water partition coefficient (Wildman–Crippen LogP) is 1.91. The molecule has 0 radical (unpaired) electrons. The fourth-order valence-corrected chi connectivity index (χ4v) is 1.86. The smallest absolute Gasteiger partial charge is 0.255 e. The molecule has 1 amide bonds. The molecule has 1 aliphatic carbocycles. The van der Waals surface area contributed by atoms with Crippen LogP contribution in [0.15, 0.2) is 21.4 Å². The molecule has 1 aliphatic rings. The van der Waals surface area contributed by atoms with Gasteiger partial charge in [0.15, 0.2) is 4.67 Å². The standard InChI is InChI=1S/C11H15BrN2O2/c12-10-9(4-7-16-10)11(15)14-6-1-5-13-8-2-3-8/h4,7-8,13H,1-3,5-6H2,(H,14,15). The third kappa shape index (κ3) is 3.35. The van der Waals surface area contributed by atoms with Crippen molar-refractivity contribution in [1.29, 1.82) is 0 Å². The van der Waals surface area contributed by atoms with Crippen molar-refractivity contribution in [2.24, 2.45) is 0 Å². The Morgan fingerprint density at radius 2 is 2.31 bits per heavy atom. The van der Waals surface area contributed by atoms with E-state index in [0.717, 1.165) is 19.0 Å². The van der Waals surface area contributed by atoms with Crippen LogP contribution in [0.25, 0.3) is 0 Å². The Bertz CT molecular complexity index is 361. The average molecular weight is 287 g/mol. The molecule has 0 atom stereocenters. The van der Waals surface area contributed by atoms with E-state index in [1.54, 1.807) is 6.07 Å². The van der Waals surface area contributed by atoms with Gasteiger partial charge in [-0.25, -0.2) is 0 Å². The molecule has 1 aromatic heterocycles. The summed E-state index contributed by atoms with van der Waals surface area (Å²) in [5.41, 5.74) is 0.551. The molecule has 2 rings (SSSR count). The second kappa shape index (κ2) is 5.50.